The van der Waals surface area contributed by atoms with Crippen LogP contribution in [-0.2, 0) is 9.59 Å². The summed E-state index contributed by atoms with van der Waals surface area (Å²) >= 11 is 0. The first-order valence-electron chi connectivity index (χ1n) is 9.40. The Hall–Kier alpha value is -3.03. The van der Waals surface area contributed by atoms with Crippen LogP contribution in [-0.4, -0.2) is 35.9 Å². The van der Waals surface area contributed by atoms with E-state index in [4.69, 9.17) is 4.74 Å². The van der Waals surface area contributed by atoms with Crippen LogP contribution >= 0.6 is 0 Å². The molecule has 1 saturated heterocycles. The zero-order valence-corrected chi connectivity index (χ0v) is 15.5. The highest BCUT2D eigenvalue weighted by Gasteiger charge is 2.35. The molecule has 2 aliphatic rings. The summed E-state index contributed by atoms with van der Waals surface area (Å²) < 4.78 is 45.9. The number of fused-ring (bicyclic) bond motifs is 1. The van der Waals surface area contributed by atoms with Crippen LogP contribution in [0.25, 0.3) is 0 Å². The van der Waals surface area contributed by atoms with Crippen LogP contribution in [0.2, 0.25) is 0 Å². The lowest BCUT2D eigenvalue weighted by atomic mass is 9.88. The van der Waals surface area contributed by atoms with Crippen LogP contribution in [0.5, 0.6) is 5.75 Å². The van der Waals surface area contributed by atoms with Gasteiger partial charge in [-0.15, -0.1) is 0 Å². The summed E-state index contributed by atoms with van der Waals surface area (Å²) in [6.07, 6.45) is 0.680. The zero-order chi connectivity index (χ0) is 20.5. The van der Waals surface area contributed by atoms with Gasteiger partial charge >= 0.3 is 0 Å². The summed E-state index contributed by atoms with van der Waals surface area (Å²) in [6, 6.07) is 7.16. The molecular weight excluding hydrogens is 385 g/mol. The standard InChI is InChI=1S/C21H19F3N2O3/c22-12-2-4-19(17(24)9-12)29-14-5-7-26(8-6-14)21(28)16-11-20(27)25-18-10-13(23)1-3-15(16)18/h1-4,9-10,14,16H,5-8,11H2,(H,25,27). The molecule has 0 spiro atoms. The van der Waals surface area contributed by atoms with E-state index in [-0.39, 0.29) is 30.1 Å². The van der Waals surface area contributed by atoms with Gasteiger partial charge in [0.25, 0.3) is 0 Å². The van der Waals surface area contributed by atoms with Gasteiger partial charge in [0.05, 0.1) is 5.92 Å². The summed E-state index contributed by atoms with van der Waals surface area (Å²) in [4.78, 5) is 26.6. The minimum atomic E-state index is -0.763. The van der Waals surface area contributed by atoms with Crippen LogP contribution in [0.15, 0.2) is 36.4 Å². The topological polar surface area (TPSA) is 58.6 Å². The molecule has 2 aromatic carbocycles. The number of piperidine rings is 1. The van der Waals surface area contributed by atoms with E-state index in [1.165, 1.54) is 24.3 Å². The number of ether oxygens (including phenoxy) is 1. The van der Waals surface area contributed by atoms with Crippen LogP contribution in [0.3, 0.4) is 0 Å². The second-order valence-electron chi connectivity index (χ2n) is 7.25. The van der Waals surface area contributed by atoms with Gasteiger partial charge in [-0.05, 0) is 29.8 Å². The molecule has 152 valence electrons. The molecule has 1 fully saturated rings. The molecule has 8 heteroatoms. The van der Waals surface area contributed by atoms with Gasteiger partial charge < -0.3 is 15.0 Å². The summed E-state index contributed by atoms with van der Waals surface area (Å²) in [7, 11) is 0. The molecule has 2 amide bonds. The second kappa shape index (κ2) is 7.77. The molecule has 29 heavy (non-hydrogen) atoms. The molecule has 1 N–H and O–H groups in total. The predicted octanol–water partition coefficient (Wildman–Crippen LogP) is 3.60. The van der Waals surface area contributed by atoms with E-state index < -0.39 is 23.4 Å². The van der Waals surface area contributed by atoms with E-state index in [0.29, 0.717) is 37.2 Å². The lowest BCUT2D eigenvalue weighted by molar-refractivity contribution is -0.136. The van der Waals surface area contributed by atoms with Crippen molar-refractivity contribution in [2.75, 3.05) is 18.4 Å². The Morgan fingerprint density at radius 3 is 2.45 bits per heavy atom. The number of hydrogen-bond acceptors (Lipinski definition) is 3. The van der Waals surface area contributed by atoms with E-state index in [0.717, 1.165) is 12.1 Å². The van der Waals surface area contributed by atoms with Gasteiger partial charge in [0.2, 0.25) is 11.8 Å². The molecule has 2 aromatic rings. The third kappa shape index (κ3) is 4.06. The Labute approximate surface area is 165 Å². The fourth-order valence-electron chi connectivity index (χ4n) is 3.82. The van der Waals surface area contributed by atoms with Crippen molar-refractivity contribution >= 4 is 17.5 Å². The highest BCUT2D eigenvalue weighted by atomic mass is 19.1. The Balaban J connectivity index is 1.41. The summed E-state index contributed by atoms with van der Waals surface area (Å²) in [5.41, 5.74) is 0.923. The predicted molar refractivity (Wildman–Crippen MR) is 99.0 cm³/mol. The van der Waals surface area contributed by atoms with Gasteiger partial charge in [0, 0.05) is 44.1 Å². The number of carbonyl (C=O) groups is 2. The average Bonchev–Trinajstić information content (AvgIpc) is 2.69. The first-order chi connectivity index (χ1) is 13.9. The smallest absolute Gasteiger partial charge is 0.230 e. The summed E-state index contributed by atoms with van der Waals surface area (Å²) in [5, 5.41) is 2.60. The van der Waals surface area contributed by atoms with Crippen molar-refractivity contribution in [3.05, 3.63) is 59.4 Å². The Morgan fingerprint density at radius 1 is 1.03 bits per heavy atom. The van der Waals surface area contributed by atoms with Crippen molar-refractivity contribution in [3.8, 4) is 5.75 Å². The molecule has 0 aliphatic carbocycles. The number of likely N-dealkylation sites (tertiary alicyclic amines) is 1. The number of carbonyl (C=O) groups excluding carboxylic acids is 2. The minimum absolute atomic E-state index is 0.00862. The third-order valence-corrected chi connectivity index (χ3v) is 5.29. The fraction of sp³-hybridized carbons (Fsp3) is 0.333. The van der Waals surface area contributed by atoms with E-state index in [9.17, 15) is 22.8 Å². The first kappa shape index (κ1) is 19.3. The number of amides is 2. The number of nitrogens with one attached hydrogen (secondary N) is 1. The second-order valence-corrected chi connectivity index (χ2v) is 7.25. The van der Waals surface area contributed by atoms with Gasteiger partial charge in [-0.25, -0.2) is 13.2 Å². The molecule has 0 aromatic heterocycles. The van der Waals surface area contributed by atoms with Gasteiger partial charge in [0.1, 0.15) is 17.7 Å². The molecule has 1 unspecified atom stereocenters. The Kier molecular flexibility index (Phi) is 5.17. The van der Waals surface area contributed by atoms with Gasteiger partial charge in [0.15, 0.2) is 11.6 Å². The minimum Gasteiger partial charge on any atom is -0.487 e. The molecule has 0 radical (unpaired) electrons. The molecule has 4 rings (SSSR count). The Morgan fingerprint density at radius 2 is 1.72 bits per heavy atom. The molecule has 0 saturated carbocycles. The van der Waals surface area contributed by atoms with Crippen LogP contribution < -0.4 is 10.1 Å². The van der Waals surface area contributed by atoms with Crippen molar-refractivity contribution in [1.82, 2.24) is 4.90 Å². The molecule has 0 bridgehead atoms. The quantitative estimate of drug-likeness (QED) is 0.851. The number of halogens is 3. The van der Waals surface area contributed by atoms with E-state index in [2.05, 4.69) is 5.32 Å². The van der Waals surface area contributed by atoms with Crippen molar-refractivity contribution in [2.24, 2.45) is 0 Å². The maximum Gasteiger partial charge on any atom is 0.230 e. The molecule has 2 aliphatic heterocycles. The zero-order valence-electron chi connectivity index (χ0n) is 15.5. The van der Waals surface area contributed by atoms with Crippen molar-refractivity contribution in [2.45, 2.75) is 31.3 Å². The van der Waals surface area contributed by atoms with E-state index >= 15 is 0 Å². The van der Waals surface area contributed by atoms with Crippen LogP contribution in [0, 0.1) is 17.5 Å². The van der Waals surface area contributed by atoms with Crippen molar-refractivity contribution < 1.29 is 27.5 Å². The summed E-state index contributed by atoms with van der Waals surface area (Å²) in [5.74, 6) is -3.12. The normalized spacial score (nSPS) is 19.5. The summed E-state index contributed by atoms with van der Waals surface area (Å²) in [6.45, 7) is 0.780. The number of rotatable bonds is 3. The van der Waals surface area contributed by atoms with Crippen molar-refractivity contribution in [1.29, 1.82) is 0 Å². The molecular formula is C21H19F3N2O3. The van der Waals surface area contributed by atoms with E-state index in [1.807, 2.05) is 0 Å². The van der Waals surface area contributed by atoms with Gasteiger partial charge in [-0.1, -0.05) is 6.07 Å². The Bertz CT molecular complexity index is 958. The molecule has 5 nitrogen and oxygen atoms in total. The van der Waals surface area contributed by atoms with Gasteiger partial charge in [-0.3, -0.25) is 9.59 Å². The third-order valence-electron chi connectivity index (χ3n) is 5.29. The highest BCUT2D eigenvalue weighted by molar-refractivity contribution is 6.01. The number of nitrogens with zero attached hydrogens (tertiary/aromatic N) is 1. The van der Waals surface area contributed by atoms with Gasteiger partial charge in [-0.2, -0.15) is 0 Å². The van der Waals surface area contributed by atoms with Crippen LogP contribution in [0.4, 0.5) is 18.9 Å². The highest BCUT2D eigenvalue weighted by Crippen LogP contribution is 2.35. The maximum absolute atomic E-state index is 13.8. The number of hydrogen-bond donors (Lipinski definition) is 1. The largest absolute Gasteiger partial charge is 0.487 e. The number of anilines is 1. The SMILES string of the molecule is O=C1CC(C(=O)N2CCC(Oc3ccc(F)cc3F)CC2)c2ccc(F)cc2N1. The number of benzene rings is 2. The monoisotopic (exact) mass is 404 g/mol. The fourth-order valence-corrected chi connectivity index (χ4v) is 3.82. The van der Waals surface area contributed by atoms with Crippen LogP contribution in [0.1, 0.15) is 30.7 Å². The lowest BCUT2D eigenvalue weighted by Crippen LogP contribution is -2.45. The van der Waals surface area contributed by atoms with E-state index in [1.54, 1.807) is 4.90 Å². The first-order valence-corrected chi connectivity index (χ1v) is 9.40. The maximum atomic E-state index is 13.8. The molecule has 2 heterocycles. The average molecular weight is 404 g/mol. The molecule has 1 atom stereocenters. The lowest BCUT2D eigenvalue weighted by Gasteiger charge is -2.35. The van der Waals surface area contributed by atoms with Crippen molar-refractivity contribution in [3.63, 3.8) is 0 Å².